The summed E-state index contributed by atoms with van der Waals surface area (Å²) in [5.41, 5.74) is 3.23. The van der Waals surface area contributed by atoms with Crippen LogP contribution in [0.4, 0.5) is 0 Å². The zero-order valence-electron chi connectivity index (χ0n) is 15.6. The molecule has 5 heterocycles. The van der Waals surface area contributed by atoms with E-state index in [0.29, 0.717) is 34.1 Å². The summed E-state index contributed by atoms with van der Waals surface area (Å²) in [5.74, 6) is 0.0328. The van der Waals surface area contributed by atoms with Gasteiger partial charge in [0.15, 0.2) is 0 Å². The summed E-state index contributed by atoms with van der Waals surface area (Å²) in [6, 6.07) is 2.34. The molecule has 5 rings (SSSR count). The lowest BCUT2D eigenvalue weighted by Gasteiger charge is -2.37. The first-order chi connectivity index (χ1) is 13.1. The van der Waals surface area contributed by atoms with Gasteiger partial charge in [-0.05, 0) is 32.4 Å². The molecule has 140 valence electrons. The fourth-order valence-corrected chi connectivity index (χ4v) is 4.31. The van der Waals surface area contributed by atoms with Gasteiger partial charge in [0.2, 0.25) is 0 Å². The molecule has 0 unspecified atom stereocenters. The van der Waals surface area contributed by atoms with Gasteiger partial charge in [-0.15, -0.1) is 0 Å². The summed E-state index contributed by atoms with van der Waals surface area (Å²) in [6.45, 7) is 5.49. The SMILES string of the molecule is Cc1noc2nc(-c3cnn(C)c3)cc(C(=O)N3CCN4CCC[C@@H]4C3)c12. The Kier molecular flexibility index (Phi) is 3.75. The van der Waals surface area contributed by atoms with Crippen molar-refractivity contribution in [1.29, 1.82) is 0 Å². The molecule has 2 saturated heterocycles. The highest BCUT2D eigenvalue weighted by atomic mass is 16.5. The molecule has 8 heteroatoms. The number of aryl methyl sites for hydroxylation is 2. The zero-order chi connectivity index (χ0) is 18.5. The maximum atomic E-state index is 13.4. The monoisotopic (exact) mass is 366 g/mol. The molecule has 1 atom stereocenters. The van der Waals surface area contributed by atoms with E-state index in [1.54, 1.807) is 10.9 Å². The van der Waals surface area contributed by atoms with Gasteiger partial charge in [0.25, 0.3) is 11.6 Å². The Morgan fingerprint density at radius 2 is 2.19 bits per heavy atom. The minimum Gasteiger partial charge on any atom is -0.336 e. The number of nitrogens with zero attached hydrogens (tertiary/aromatic N) is 6. The standard InChI is InChI=1S/C19H22N6O2/c1-12-17-15(19(26)25-7-6-24-5-3-4-14(24)11-25)8-16(21-18(17)27-22-12)13-9-20-23(2)10-13/h8-10,14H,3-7,11H2,1-2H3/t14-/m1/s1. The largest absolute Gasteiger partial charge is 0.336 e. The molecule has 2 fully saturated rings. The highest BCUT2D eigenvalue weighted by molar-refractivity contribution is 6.07. The van der Waals surface area contributed by atoms with Crippen LogP contribution in [0.25, 0.3) is 22.4 Å². The summed E-state index contributed by atoms with van der Waals surface area (Å²) < 4.78 is 7.11. The number of amides is 1. The van der Waals surface area contributed by atoms with Gasteiger partial charge in [0.1, 0.15) is 0 Å². The molecule has 27 heavy (non-hydrogen) atoms. The van der Waals surface area contributed by atoms with E-state index in [4.69, 9.17) is 4.52 Å². The summed E-state index contributed by atoms with van der Waals surface area (Å²) in [5, 5.41) is 8.96. The van der Waals surface area contributed by atoms with Crippen LogP contribution in [0.2, 0.25) is 0 Å². The third-order valence-electron chi connectivity index (χ3n) is 5.72. The van der Waals surface area contributed by atoms with Crippen molar-refractivity contribution in [2.75, 3.05) is 26.2 Å². The van der Waals surface area contributed by atoms with E-state index < -0.39 is 0 Å². The van der Waals surface area contributed by atoms with Crippen molar-refractivity contribution in [3.63, 3.8) is 0 Å². The molecule has 2 aliphatic heterocycles. The van der Waals surface area contributed by atoms with Crippen molar-refractivity contribution in [2.45, 2.75) is 25.8 Å². The molecule has 3 aromatic rings. The van der Waals surface area contributed by atoms with Crippen LogP contribution in [0, 0.1) is 6.92 Å². The van der Waals surface area contributed by atoms with Gasteiger partial charge in [-0.2, -0.15) is 5.10 Å². The molecular formula is C19H22N6O2. The Balaban J connectivity index is 1.56. The van der Waals surface area contributed by atoms with E-state index in [9.17, 15) is 4.79 Å². The van der Waals surface area contributed by atoms with Crippen LogP contribution in [0.15, 0.2) is 23.0 Å². The number of hydrogen-bond donors (Lipinski definition) is 0. The van der Waals surface area contributed by atoms with Gasteiger partial charge in [-0.25, -0.2) is 4.98 Å². The number of piperazine rings is 1. The summed E-state index contributed by atoms with van der Waals surface area (Å²) in [4.78, 5) is 22.5. The second kappa shape index (κ2) is 6.16. The maximum absolute atomic E-state index is 13.4. The molecular weight excluding hydrogens is 344 g/mol. The Bertz CT molecular complexity index is 1020. The first-order valence-corrected chi connectivity index (χ1v) is 9.39. The smallest absolute Gasteiger partial charge is 0.259 e. The van der Waals surface area contributed by atoms with Crippen LogP contribution < -0.4 is 0 Å². The molecule has 0 bridgehead atoms. The minimum atomic E-state index is 0.0328. The fourth-order valence-electron chi connectivity index (χ4n) is 4.31. The van der Waals surface area contributed by atoms with Gasteiger partial charge in [0, 0.05) is 44.5 Å². The van der Waals surface area contributed by atoms with Crippen molar-refractivity contribution in [3.8, 4) is 11.3 Å². The van der Waals surface area contributed by atoms with Gasteiger partial charge >= 0.3 is 0 Å². The lowest BCUT2D eigenvalue weighted by Crippen LogP contribution is -2.52. The molecule has 0 spiro atoms. The average Bonchev–Trinajstić information content (AvgIpc) is 3.40. The first kappa shape index (κ1) is 16.4. The van der Waals surface area contributed by atoms with Crippen molar-refractivity contribution in [3.05, 3.63) is 29.7 Å². The lowest BCUT2D eigenvalue weighted by atomic mass is 10.0. The van der Waals surface area contributed by atoms with Crippen molar-refractivity contribution in [1.82, 2.24) is 29.7 Å². The van der Waals surface area contributed by atoms with E-state index in [0.717, 1.165) is 31.7 Å². The molecule has 2 aliphatic rings. The third kappa shape index (κ3) is 2.71. The van der Waals surface area contributed by atoms with Gasteiger partial charge in [-0.1, -0.05) is 5.16 Å². The second-order valence-electron chi connectivity index (χ2n) is 7.49. The predicted molar refractivity (Wildman–Crippen MR) is 99.2 cm³/mol. The second-order valence-corrected chi connectivity index (χ2v) is 7.49. The number of pyridine rings is 1. The van der Waals surface area contributed by atoms with Crippen LogP contribution in [0.5, 0.6) is 0 Å². The van der Waals surface area contributed by atoms with Gasteiger partial charge < -0.3 is 9.42 Å². The summed E-state index contributed by atoms with van der Waals surface area (Å²) in [6.07, 6.45) is 6.01. The number of carbonyl (C=O) groups is 1. The van der Waals surface area contributed by atoms with Crippen LogP contribution >= 0.6 is 0 Å². The molecule has 0 N–H and O–H groups in total. The molecule has 0 aliphatic carbocycles. The third-order valence-corrected chi connectivity index (χ3v) is 5.72. The summed E-state index contributed by atoms with van der Waals surface area (Å²) >= 11 is 0. The molecule has 0 radical (unpaired) electrons. The Labute approximate surface area is 156 Å². The Morgan fingerprint density at radius 3 is 3.00 bits per heavy atom. The van der Waals surface area contributed by atoms with Crippen LogP contribution in [0.1, 0.15) is 28.9 Å². The number of carbonyl (C=O) groups excluding carboxylic acids is 1. The molecule has 0 saturated carbocycles. The van der Waals surface area contributed by atoms with Crippen LogP contribution in [-0.2, 0) is 7.05 Å². The maximum Gasteiger partial charge on any atom is 0.259 e. The number of rotatable bonds is 2. The molecule has 3 aromatic heterocycles. The molecule has 0 aromatic carbocycles. The minimum absolute atomic E-state index is 0.0328. The molecule has 1 amide bonds. The van der Waals surface area contributed by atoms with Crippen molar-refractivity contribution >= 4 is 17.0 Å². The predicted octanol–water partition coefficient (Wildman–Crippen LogP) is 1.85. The van der Waals surface area contributed by atoms with Gasteiger partial charge in [0.05, 0.1) is 28.5 Å². The van der Waals surface area contributed by atoms with E-state index in [2.05, 4.69) is 20.1 Å². The van der Waals surface area contributed by atoms with E-state index in [-0.39, 0.29) is 5.91 Å². The number of fused-ring (bicyclic) bond motifs is 2. The van der Waals surface area contributed by atoms with Crippen LogP contribution in [0.3, 0.4) is 0 Å². The average molecular weight is 366 g/mol. The van der Waals surface area contributed by atoms with E-state index in [1.807, 2.05) is 31.1 Å². The van der Waals surface area contributed by atoms with Crippen molar-refractivity contribution in [2.24, 2.45) is 7.05 Å². The molecule has 8 nitrogen and oxygen atoms in total. The van der Waals surface area contributed by atoms with Crippen LogP contribution in [-0.4, -0.2) is 67.8 Å². The van der Waals surface area contributed by atoms with E-state index in [1.165, 1.54) is 12.8 Å². The normalized spacial score (nSPS) is 20.4. The highest BCUT2D eigenvalue weighted by Gasteiger charge is 2.34. The number of hydrogen-bond acceptors (Lipinski definition) is 6. The number of aromatic nitrogens is 4. The first-order valence-electron chi connectivity index (χ1n) is 9.39. The highest BCUT2D eigenvalue weighted by Crippen LogP contribution is 2.29. The Hall–Kier alpha value is -2.74. The lowest BCUT2D eigenvalue weighted by molar-refractivity contribution is 0.0573. The zero-order valence-corrected chi connectivity index (χ0v) is 15.6. The fraction of sp³-hybridized carbons (Fsp3) is 0.474. The van der Waals surface area contributed by atoms with Gasteiger partial charge in [-0.3, -0.25) is 14.4 Å². The van der Waals surface area contributed by atoms with Crippen molar-refractivity contribution < 1.29 is 9.32 Å². The Morgan fingerprint density at radius 1 is 1.30 bits per heavy atom. The van der Waals surface area contributed by atoms with E-state index >= 15 is 0 Å². The quantitative estimate of drug-likeness (QED) is 0.689. The summed E-state index contributed by atoms with van der Waals surface area (Å²) in [7, 11) is 1.85. The topological polar surface area (TPSA) is 80.3 Å².